The van der Waals surface area contributed by atoms with E-state index in [1.54, 1.807) is 14.2 Å². The standard InChI is InChI=1S/C24H28FNO3S/c1-28-22-13-18-12-19(24(27)21(18)14-23(22)29-2)11-16-7-9-26(10-8-16)15-17-3-5-20(30-25)6-4-17/h3-6,13-14,16,19H,7-12,15H2,1-2H3. The van der Waals surface area contributed by atoms with E-state index < -0.39 is 0 Å². The number of hydrogen-bond acceptors (Lipinski definition) is 5. The molecule has 2 aromatic rings. The zero-order chi connectivity index (χ0) is 21.1. The Kier molecular flexibility index (Phi) is 6.64. The number of benzene rings is 2. The first-order valence-electron chi connectivity index (χ1n) is 10.5. The molecule has 0 radical (unpaired) electrons. The van der Waals surface area contributed by atoms with Crippen molar-refractivity contribution in [2.45, 2.75) is 37.1 Å². The van der Waals surface area contributed by atoms with Gasteiger partial charge in [-0.1, -0.05) is 12.1 Å². The molecule has 6 heteroatoms. The number of nitrogens with zero attached hydrogens (tertiary/aromatic N) is 1. The van der Waals surface area contributed by atoms with Crippen molar-refractivity contribution in [1.82, 2.24) is 4.90 Å². The van der Waals surface area contributed by atoms with E-state index in [0.717, 1.165) is 56.4 Å². The van der Waals surface area contributed by atoms with E-state index in [2.05, 4.69) is 4.90 Å². The van der Waals surface area contributed by atoms with Crippen molar-refractivity contribution in [3.8, 4) is 11.5 Å². The molecule has 0 amide bonds. The Morgan fingerprint density at radius 2 is 1.73 bits per heavy atom. The summed E-state index contributed by atoms with van der Waals surface area (Å²) in [6.45, 7) is 2.98. The first-order chi connectivity index (χ1) is 14.6. The summed E-state index contributed by atoms with van der Waals surface area (Å²) in [5.41, 5.74) is 3.09. The number of methoxy groups -OCH3 is 2. The highest BCUT2D eigenvalue weighted by Gasteiger charge is 2.34. The van der Waals surface area contributed by atoms with E-state index >= 15 is 0 Å². The fraction of sp³-hybridized carbons (Fsp3) is 0.458. The maximum atomic E-state index is 13.0. The second-order valence-electron chi connectivity index (χ2n) is 8.31. The topological polar surface area (TPSA) is 38.8 Å². The molecule has 4 nitrogen and oxygen atoms in total. The van der Waals surface area contributed by atoms with Crippen molar-refractivity contribution in [3.63, 3.8) is 0 Å². The number of rotatable bonds is 7. The molecule has 1 aliphatic heterocycles. The summed E-state index contributed by atoms with van der Waals surface area (Å²) >= 11 is 0.283. The summed E-state index contributed by atoms with van der Waals surface area (Å²) in [6.07, 6.45) is 3.98. The number of hydrogen-bond donors (Lipinski definition) is 0. The Bertz CT molecular complexity index is 894. The normalized spacial score (nSPS) is 19.7. The lowest BCUT2D eigenvalue weighted by Crippen LogP contribution is -2.34. The van der Waals surface area contributed by atoms with Gasteiger partial charge in [0.1, 0.15) is 0 Å². The quantitative estimate of drug-likeness (QED) is 0.594. The van der Waals surface area contributed by atoms with Crippen LogP contribution in [0.1, 0.15) is 40.7 Å². The summed E-state index contributed by atoms with van der Waals surface area (Å²) in [5.74, 6) is 2.21. The predicted octanol–water partition coefficient (Wildman–Crippen LogP) is 5.34. The van der Waals surface area contributed by atoms with Gasteiger partial charge in [0.05, 0.1) is 26.4 Å². The molecule has 1 fully saturated rings. The van der Waals surface area contributed by atoms with E-state index in [0.29, 0.717) is 22.3 Å². The van der Waals surface area contributed by atoms with Crippen LogP contribution in [0.25, 0.3) is 0 Å². The van der Waals surface area contributed by atoms with Crippen LogP contribution in [0.3, 0.4) is 0 Å². The Hall–Kier alpha value is -2.05. The fourth-order valence-corrected chi connectivity index (χ4v) is 5.01. The zero-order valence-electron chi connectivity index (χ0n) is 17.5. The molecular formula is C24H28FNO3S. The van der Waals surface area contributed by atoms with Gasteiger partial charge >= 0.3 is 0 Å². The number of piperidine rings is 1. The van der Waals surface area contributed by atoms with Gasteiger partial charge in [-0.25, -0.2) is 0 Å². The molecule has 0 saturated carbocycles. The smallest absolute Gasteiger partial charge is 0.166 e. The first kappa shape index (κ1) is 21.2. The van der Waals surface area contributed by atoms with Gasteiger partial charge in [-0.05, 0) is 80.1 Å². The number of carbonyl (C=O) groups is 1. The van der Waals surface area contributed by atoms with Crippen molar-refractivity contribution in [3.05, 3.63) is 53.1 Å². The minimum Gasteiger partial charge on any atom is -0.493 e. The predicted molar refractivity (Wildman–Crippen MR) is 117 cm³/mol. The van der Waals surface area contributed by atoms with Crippen LogP contribution >= 0.6 is 12.1 Å². The van der Waals surface area contributed by atoms with Gasteiger partial charge in [0.25, 0.3) is 0 Å². The number of fused-ring (bicyclic) bond motifs is 1. The van der Waals surface area contributed by atoms with Crippen LogP contribution in [0.15, 0.2) is 41.3 Å². The lowest BCUT2D eigenvalue weighted by molar-refractivity contribution is 0.0895. The third-order valence-corrected chi connectivity index (χ3v) is 6.91. The average molecular weight is 430 g/mol. The lowest BCUT2D eigenvalue weighted by atomic mass is 9.85. The SMILES string of the molecule is COc1cc2c(cc1OC)C(=O)C(CC1CCN(Cc3ccc(SF)cc3)CC1)C2. The molecule has 1 atom stereocenters. The molecule has 1 aliphatic carbocycles. The van der Waals surface area contributed by atoms with Crippen LogP contribution in [0, 0.1) is 11.8 Å². The van der Waals surface area contributed by atoms with Gasteiger partial charge in [0.15, 0.2) is 17.3 Å². The third-order valence-electron chi connectivity index (χ3n) is 6.46. The Morgan fingerprint density at radius 1 is 1.07 bits per heavy atom. The Labute approximate surface area is 182 Å². The Morgan fingerprint density at radius 3 is 2.37 bits per heavy atom. The van der Waals surface area contributed by atoms with Crippen LogP contribution in [0.4, 0.5) is 3.89 Å². The van der Waals surface area contributed by atoms with Gasteiger partial charge in [0, 0.05) is 22.9 Å². The van der Waals surface area contributed by atoms with Crippen molar-refractivity contribution in [2.24, 2.45) is 11.8 Å². The third kappa shape index (κ3) is 4.49. The van der Waals surface area contributed by atoms with E-state index in [1.165, 1.54) is 5.56 Å². The second kappa shape index (κ2) is 9.40. The largest absolute Gasteiger partial charge is 0.493 e. The molecule has 0 spiro atoms. The number of carbonyl (C=O) groups excluding carboxylic acids is 1. The molecule has 0 aromatic heterocycles. The number of ketones is 1. The summed E-state index contributed by atoms with van der Waals surface area (Å²) in [6, 6.07) is 11.5. The number of halogens is 1. The van der Waals surface area contributed by atoms with Gasteiger partial charge in [0.2, 0.25) is 0 Å². The summed E-state index contributed by atoms with van der Waals surface area (Å²) in [5, 5.41) is 0. The lowest BCUT2D eigenvalue weighted by Gasteiger charge is -2.33. The molecule has 30 heavy (non-hydrogen) atoms. The van der Waals surface area contributed by atoms with Crippen molar-refractivity contribution in [1.29, 1.82) is 0 Å². The summed E-state index contributed by atoms with van der Waals surface area (Å²) in [7, 11) is 3.23. The fourth-order valence-electron chi connectivity index (χ4n) is 4.77. The molecule has 0 N–H and O–H groups in total. The van der Waals surface area contributed by atoms with Crippen LogP contribution in [-0.2, 0) is 13.0 Å². The molecule has 2 aliphatic rings. The van der Waals surface area contributed by atoms with Crippen molar-refractivity contribution < 1.29 is 18.2 Å². The van der Waals surface area contributed by atoms with Crippen LogP contribution in [0.5, 0.6) is 11.5 Å². The van der Waals surface area contributed by atoms with Gasteiger partial charge in [-0.3, -0.25) is 9.69 Å². The molecule has 4 rings (SSSR count). The average Bonchev–Trinajstić information content (AvgIpc) is 3.08. The minimum atomic E-state index is 0.0686. The number of Topliss-reactive ketones (excluding diaryl/α,β-unsaturated/α-hetero) is 1. The highest BCUT2D eigenvalue weighted by atomic mass is 32.2. The molecule has 160 valence electrons. The van der Waals surface area contributed by atoms with E-state index in [1.807, 2.05) is 36.4 Å². The number of ether oxygens (including phenoxy) is 2. The van der Waals surface area contributed by atoms with Crippen LogP contribution < -0.4 is 9.47 Å². The van der Waals surface area contributed by atoms with E-state index in [9.17, 15) is 8.68 Å². The monoisotopic (exact) mass is 429 g/mol. The first-order valence-corrected chi connectivity index (χ1v) is 11.2. The van der Waals surface area contributed by atoms with E-state index in [-0.39, 0.29) is 23.8 Å². The summed E-state index contributed by atoms with van der Waals surface area (Å²) < 4.78 is 23.3. The van der Waals surface area contributed by atoms with Gasteiger partial charge in [-0.15, -0.1) is 0 Å². The molecule has 1 unspecified atom stereocenters. The van der Waals surface area contributed by atoms with Crippen molar-refractivity contribution >= 4 is 17.9 Å². The maximum Gasteiger partial charge on any atom is 0.166 e. The van der Waals surface area contributed by atoms with Gasteiger partial charge < -0.3 is 9.47 Å². The minimum absolute atomic E-state index is 0.0686. The summed E-state index contributed by atoms with van der Waals surface area (Å²) in [4.78, 5) is 16.1. The highest BCUT2D eigenvalue weighted by molar-refractivity contribution is 7.94. The van der Waals surface area contributed by atoms with Crippen LogP contribution in [-0.4, -0.2) is 38.0 Å². The molecule has 0 bridgehead atoms. The van der Waals surface area contributed by atoms with Gasteiger partial charge in [-0.2, -0.15) is 3.89 Å². The highest BCUT2D eigenvalue weighted by Crippen LogP contribution is 2.39. The molecule has 2 aromatic carbocycles. The zero-order valence-corrected chi connectivity index (χ0v) is 18.3. The molecule has 1 saturated heterocycles. The maximum absolute atomic E-state index is 13.0. The molecule has 1 heterocycles. The second-order valence-corrected chi connectivity index (χ2v) is 8.93. The molecular weight excluding hydrogens is 401 g/mol. The number of likely N-dealkylation sites (tertiary alicyclic amines) is 1. The Balaban J connectivity index is 1.31. The van der Waals surface area contributed by atoms with Crippen LogP contribution in [0.2, 0.25) is 0 Å². The van der Waals surface area contributed by atoms with E-state index in [4.69, 9.17) is 9.47 Å². The van der Waals surface area contributed by atoms with Crippen molar-refractivity contribution in [2.75, 3.05) is 27.3 Å².